The molecule has 4 saturated carbocycles. The molecule has 1 atom stereocenters. The van der Waals surface area contributed by atoms with Gasteiger partial charge in [0.1, 0.15) is 0 Å². The molecule has 4 aliphatic carbocycles. The van der Waals surface area contributed by atoms with Crippen LogP contribution in [0.4, 0.5) is 0 Å². The number of nitrogens with zero attached hydrogens (tertiary/aromatic N) is 2. The highest BCUT2D eigenvalue weighted by Gasteiger charge is 2.53. The molecule has 1 aromatic heterocycles. The van der Waals surface area contributed by atoms with Crippen LogP contribution < -0.4 is 11.3 Å². The lowest BCUT2D eigenvalue weighted by molar-refractivity contribution is -0.0701. The molecule has 108 valence electrons. The van der Waals surface area contributed by atoms with E-state index in [2.05, 4.69) is 5.10 Å². The SMILES string of the molecule is NC(Cn1ncccc1=O)C12CC3CC(CC(C3)C1)C2. The van der Waals surface area contributed by atoms with Gasteiger partial charge in [0.15, 0.2) is 0 Å². The Morgan fingerprint density at radius 3 is 2.40 bits per heavy atom. The summed E-state index contributed by atoms with van der Waals surface area (Å²) in [5.74, 6) is 2.69. The fraction of sp³-hybridized carbons (Fsp3) is 0.750. The van der Waals surface area contributed by atoms with Gasteiger partial charge in [0.2, 0.25) is 0 Å². The molecule has 1 aromatic rings. The third-order valence-electron chi connectivity index (χ3n) is 6.03. The molecule has 0 saturated heterocycles. The summed E-state index contributed by atoms with van der Waals surface area (Å²) in [7, 11) is 0. The largest absolute Gasteiger partial charge is 0.326 e. The first-order valence-electron chi connectivity index (χ1n) is 7.92. The second-order valence-electron chi connectivity index (χ2n) is 7.43. The Kier molecular flexibility index (Phi) is 2.78. The van der Waals surface area contributed by atoms with Crippen LogP contribution in [0.1, 0.15) is 38.5 Å². The van der Waals surface area contributed by atoms with Crippen LogP contribution >= 0.6 is 0 Å². The van der Waals surface area contributed by atoms with Crippen molar-refractivity contribution in [2.45, 2.75) is 51.1 Å². The van der Waals surface area contributed by atoms with Gasteiger partial charge in [-0.3, -0.25) is 4.79 Å². The standard InChI is InChI=1S/C16H23N3O/c17-14(10-19-15(20)2-1-3-18-19)16-7-11-4-12(8-16)6-13(5-11)9-16/h1-3,11-14H,4-10,17H2. The zero-order chi connectivity index (χ0) is 13.7. The number of hydrogen-bond acceptors (Lipinski definition) is 3. The highest BCUT2D eigenvalue weighted by Crippen LogP contribution is 2.61. The molecular formula is C16H23N3O. The summed E-state index contributed by atoms with van der Waals surface area (Å²) in [5.41, 5.74) is 6.82. The van der Waals surface area contributed by atoms with Gasteiger partial charge in [-0.25, -0.2) is 4.68 Å². The highest BCUT2D eigenvalue weighted by molar-refractivity contribution is 5.05. The molecule has 0 aliphatic heterocycles. The zero-order valence-electron chi connectivity index (χ0n) is 11.9. The number of aromatic nitrogens is 2. The maximum Gasteiger partial charge on any atom is 0.266 e. The lowest BCUT2D eigenvalue weighted by Crippen LogP contribution is -2.56. The predicted octanol–water partition coefficient (Wildman–Crippen LogP) is 1.79. The van der Waals surface area contributed by atoms with Crippen molar-refractivity contribution < 1.29 is 0 Å². The van der Waals surface area contributed by atoms with E-state index in [0.717, 1.165) is 17.8 Å². The van der Waals surface area contributed by atoms with E-state index in [4.69, 9.17) is 5.73 Å². The Morgan fingerprint density at radius 2 is 1.85 bits per heavy atom. The smallest absolute Gasteiger partial charge is 0.266 e. The summed E-state index contributed by atoms with van der Waals surface area (Å²) in [6.45, 7) is 0.575. The van der Waals surface area contributed by atoms with Crippen molar-refractivity contribution in [1.29, 1.82) is 0 Å². The van der Waals surface area contributed by atoms with Crippen molar-refractivity contribution in [3.63, 3.8) is 0 Å². The van der Waals surface area contributed by atoms with Gasteiger partial charge >= 0.3 is 0 Å². The van der Waals surface area contributed by atoms with E-state index in [1.807, 2.05) is 0 Å². The summed E-state index contributed by atoms with van der Waals surface area (Å²) in [6, 6.07) is 3.33. The fourth-order valence-corrected chi connectivity index (χ4v) is 5.54. The Balaban J connectivity index is 1.58. The topological polar surface area (TPSA) is 60.9 Å². The summed E-state index contributed by atoms with van der Waals surface area (Å²) >= 11 is 0. The van der Waals surface area contributed by atoms with Crippen molar-refractivity contribution >= 4 is 0 Å². The van der Waals surface area contributed by atoms with Crippen molar-refractivity contribution in [2.75, 3.05) is 0 Å². The highest BCUT2D eigenvalue weighted by atomic mass is 16.1. The molecule has 20 heavy (non-hydrogen) atoms. The van der Waals surface area contributed by atoms with Crippen molar-refractivity contribution in [3.8, 4) is 0 Å². The molecule has 4 fully saturated rings. The Hall–Kier alpha value is -1.16. The lowest BCUT2D eigenvalue weighted by Gasteiger charge is -2.58. The average Bonchev–Trinajstić information content (AvgIpc) is 2.40. The summed E-state index contributed by atoms with van der Waals surface area (Å²) in [4.78, 5) is 11.8. The molecule has 2 N–H and O–H groups in total. The zero-order valence-corrected chi connectivity index (χ0v) is 11.9. The maximum atomic E-state index is 11.8. The first-order valence-corrected chi connectivity index (χ1v) is 7.92. The van der Waals surface area contributed by atoms with E-state index in [-0.39, 0.29) is 17.0 Å². The molecule has 1 heterocycles. The quantitative estimate of drug-likeness (QED) is 0.913. The van der Waals surface area contributed by atoms with E-state index < -0.39 is 0 Å². The van der Waals surface area contributed by atoms with Crippen LogP contribution in [0, 0.1) is 23.2 Å². The van der Waals surface area contributed by atoms with Gasteiger partial charge in [0, 0.05) is 18.3 Å². The predicted molar refractivity (Wildman–Crippen MR) is 77.1 cm³/mol. The second-order valence-corrected chi connectivity index (χ2v) is 7.43. The Labute approximate surface area is 119 Å². The van der Waals surface area contributed by atoms with Crippen molar-refractivity contribution in [1.82, 2.24) is 9.78 Å². The van der Waals surface area contributed by atoms with Gasteiger partial charge in [-0.2, -0.15) is 5.10 Å². The molecule has 0 amide bonds. The van der Waals surface area contributed by atoms with Crippen LogP contribution in [0.25, 0.3) is 0 Å². The summed E-state index contributed by atoms with van der Waals surface area (Å²) in [6.07, 6.45) is 9.79. The first kappa shape index (κ1) is 12.6. The minimum absolute atomic E-state index is 0.0346. The third kappa shape index (κ3) is 1.93. The van der Waals surface area contributed by atoms with E-state index in [1.54, 1.807) is 23.0 Å². The minimum atomic E-state index is -0.0346. The first-order chi connectivity index (χ1) is 9.64. The summed E-state index contributed by atoms with van der Waals surface area (Å²) < 4.78 is 1.54. The van der Waals surface area contributed by atoms with E-state index in [9.17, 15) is 4.79 Å². The number of nitrogens with two attached hydrogens (primary N) is 1. The van der Waals surface area contributed by atoms with Gasteiger partial charge in [-0.1, -0.05) is 0 Å². The monoisotopic (exact) mass is 273 g/mol. The van der Waals surface area contributed by atoms with Crippen LogP contribution in [-0.2, 0) is 6.54 Å². The Bertz CT molecular complexity index is 530. The molecule has 0 spiro atoms. The van der Waals surface area contributed by atoms with Gasteiger partial charge in [0.25, 0.3) is 5.56 Å². The molecule has 0 aromatic carbocycles. The van der Waals surface area contributed by atoms with Gasteiger partial charge in [-0.05, 0) is 67.8 Å². The van der Waals surface area contributed by atoms with Crippen LogP contribution in [0.5, 0.6) is 0 Å². The summed E-state index contributed by atoms with van der Waals surface area (Å²) in [5, 5.41) is 4.17. The maximum absolute atomic E-state index is 11.8. The van der Waals surface area contributed by atoms with Gasteiger partial charge in [-0.15, -0.1) is 0 Å². The van der Waals surface area contributed by atoms with Crippen molar-refractivity contribution in [3.05, 3.63) is 28.7 Å². The molecular weight excluding hydrogens is 250 g/mol. The van der Waals surface area contributed by atoms with Gasteiger partial charge < -0.3 is 5.73 Å². The Morgan fingerprint density at radius 1 is 1.25 bits per heavy atom. The fourth-order valence-electron chi connectivity index (χ4n) is 5.54. The van der Waals surface area contributed by atoms with E-state index in [0.29, 0.717) is 6.54 Å². The molecule has 4 aliphatic rings. The van der Waals surface area contributed by atoms with Crippen LogP contribution in [0.3, 0.4) is 0 Å². The van der Waals surface area contributed by atoms with E-state index in [1.165, 1.54) is 38.5 Å². The number of rotatable bonds is 3. The van der Waals surface area contributed by atoms with Crippen LogP contribution in [-0.4, -0.2) is 15.8 Å². The van der Waals surface area contributed by atoms with Crippen LogP contribution in [0.2, 0.25) is 0 Å². The average molecular weight is 273 g/mol. The second kappa shape index (κ2) is 4.42. The number of hydrogen-bond donors (Lipinski definition) is 1. The molecule has 4 bridgehead atoms. The normalized spacial score (nSPS) is 40.0. The molecule has 4 nitrogen and oxygen atoms in total. The molecule has 5 rings (SSSR count). The molecule has 0 radical (unpaired) electrons. The third-order valence-corrected chi connectivity index (χ3v) is 6.03. The van der Waals surface area contributed by atoms with Gasteiger partial charge in [0.05, 0.1) is 6.54 Å². The molecule has 4 heteroatoms. The van der Waals surface area contributed by atoms with Crippen molar-refractivity contribution in [2.24, 2.45) is 28.9 Å². The lowest BCUT2D eigenvalue weighted by atomic mass is 9.48. The van der Waals surface area contributed by atoms with Crippen LogP contribution in [0.15, 0.2) is 23.1 Å². The minimum Gasteiger partial charge on any atom is -0.326 e. The van der Waals surface area contributed by atoms with E-state index >= 15 is 0 Å². The molecule has 1 unspecified atom stereocenters.